The fourth-order valence-electron chi connectivity index (χ4n) is 3.77. The van der Waals surface area contributed by atoms with Crippen LogP contribution in [0.2, 0.25) is 0 Å². The summed E-state index contributed by atoms with van der Waals surface area (Å²) in [6.45, 7) is 7.31. The van der Waals surface area contributed by atoms with Gasteiger partial charge in [0.2, 0.25) is 5.89 Å². The summed E-state index contributed by atoms with van der Waals surface area (Å²) in [4.78, 5) is 18.9. The van der Waals surface area contributed by atoms with Gasteiger partial charge in [0, 0.05) is 25.4 Å². The number of likely N-dealkylation sites (tertiary alicyclic amines) is 1. The summed E-state index contributed by atoms with van der Waals surface area (Å²) < 4.78 is 16.2. The Morgan fingerprint density at radius 3 is 2.71 bits per heavy atom. The molecule has 4 heterocycles. The zero-order valence-corrected chi connectivity index (χ0v) is 14.0. The van der Waals surface area contributed by atoms with Crippen molar-refractivity contribution in [3.05, 3.63) is 28.7 Å². The number of carbonyl (C=O) groups is 1. The van der Waals surface area contributed by atoms with Crippen molar-refractivity contribution in [1.82, 2.24) is 20.2 Å². The Hall–Kier alpha value is -2.22. The number of fused-ring (bicyclic) bond motifs is 1. The van der Waals surface area contributed by atoms with Crippen molar-refractivity contribution in [1.29, 1.82) is 0 Å². The van der Waals surface area contributed by atoms with Crippen molar-refractivity contribution >= 4 is 5.91 Å². The Morgan fingerprint density at radius 2 is 2.04 bits per heavy atom. The van der Waals surface area contributed by atoms with E-state index in [4.69, 9.17) is 13.8 Å². The highest BCUT2D eigenvalue weighted by atomic mass is 16.5. The van der Waals surface area contributed by atoms with Crippen LogP contribution in [-0.4, -0.2) is 51.9 Å². The van der Waals surface area contributed by atoms with E-state index in [0.29, 0.717) is 60.8 Å². The Balaban J connectivity index is 1.47. The van der Waals surface area contributed by atoms with E-state index in [-0.39, 0.29) is 17.9 Å². The van der Waals surface area contributed by atoms with Gasteiger partial charge in [0.1, 0.15) is 11.3 Å². The average Bonchev–Trinajstić information content (AvgIpc) is 3.27. The standard InChI is InChI=1S/C16H20N4O4/c1-8-15(9(2)23-18-8)16(21)20-5-12-11(7-22-13(12)6-20)4-14-17-10(3)19-24-14/h11-13H,4-7H2,1-3H3/t11-,12-,13-/m1/s1. The van der Waals surface area contributed by atoms with Gasteiger partial charge in [-0.2, -0.15) is 4.98 Å². The first-order valence-electron chi connectivity index (χ1n) is 8.16. The first-order valence-corrected chi connectivity index (χ1v) is 8.16. The first-order chi connectivity index (χ1) is 11.5. The van der Waals surface area contributed by atoms with Crippen LogP contribution < -0.4 is 0 Å². The monoisotopic (exact) mass is 332 g/mol. The van der Waals surface area contributed by atoms with Gasteiger partial charge in [-0.05, 0) is 26.7 Å². The van der Waals surface area contributed by atoms with Crippen molar-refractivity contribution in [3.8, 4) is 0 Å². The van der Waals surface area contributed by atoms with Crippen molar-refractivity contribution in [2.45, 2.75) is 33.3 Å². The zero-order chi connectivity index (χ0) is 16.8. The van der Waals surface area contributed by atoms with Crippen LogP contribution >= 0.6 is 0 Å². The number of carbonyl (C=O) groups excluding carboxylic acids is 1. The summed E-state index contributed by atoms with van der Waals surface area (Å²) in [5.74, 6) is 2.39. The van der Waals surface area contributed by atoms with Crippen molar-refractivity contribution in [2.24, 2.45) is 11.8 Å². The molecule has 2 saturated heterocycles. The van der Waals surface area contributed by atoms with Gasteiger partial charge in [0.15, 0.2) is 5.82 Å². The maximum absolute atomic E-state index is 12.8. The molecule has 2 aromatic heterocycles. The lowest BCUT2D eigenvalue weighted by atomic mass is 9.90. The fourth-order valence-corrected chi connectivity index (χ4v) is 3.77. The minimum absolute atomic E-state index is 0.0309. The van der Waals surface area contributed by atoms with E-state index in [1.54, 1.807) is 20.8 Å². The summed E-state index contributed by atoms with van der Waals surface area (Å²) >= 11 is 0. The zero-order valence-electron chi connectivity index (χ0n) is 14.0. The summed E-state index contributed by atoms with van der Waals surface area (Å²) in [7, 11) is 0. The quantitative estimate of drug-likeness (QED) is 0.836. The highest BCUT2D eigenvalue weighted by Gasteiger charge is 2.46. The summed E-state index contributed by atoms with van der Waals surface area (Å²) in [5.41, 5.74) is 1.20. The Morgan fingerprint density at radius 1 is 1.21 bits per heavy atom. The van der Waals surface area contributed by atoms with Gasteiger partial charge in [-0.15, -0.1) is 0 Å². The van der Waals surface area contributed by atoms with E-state index >= 15 is 0 Å². The largest absolute Gasteiger partial charge is 0.376 e. The summed E-state index contributed by atoms with van der Waals surface area (Å²) in [6, 6.07) is 0. The molecule has 1 amide bonds. The molecule has 2 aliphatic heterocycles. The van der Waals surface area contributed by atoms with E-state index in [1.807, 2.05) is 4.90 Å². The number of rotatable bonds is 3. The van der Waals surface area contributed by atoms with Gasteiger partial charge in [-0.25, -0.2) is 0 Å². The van der Waals surface area contributed by atoms with E-state index in [9.17, 15) is 4.79 Å². The molecule has 0 radical (unpaired) electrons. The van der Waals surface area contributed by atoms with Gasteiger partial charge in [0.25, 0.3) is 5.91 Å². The molecule has 0 aromatic carbocycles. The predicted octanol–water partition coefficient (Wildman–Crippen LogP) is 1.31. The predicted molar refractivity (Wildman–Crippen MR) is 81.3 cm³/mol. The molecular weight excluding hydrogens is 312 g/mol. The molecule has 4 rings (SSSR count). The molecule has 8 heteroatoms. The fraction of sp³-hybridized carbons (Fsp3) is 0.625. The number of aryl methyl sites for hydroxylation is 3. The van der Waals surface area contributed by atoms with Crippen LogP contribution in [0.15, 0.2) is 9.05 Å². The molecule has 0 spiro atoms. The second-order valence-electron chi connectivity index (χ2n) is 6.64. The van der Waals surface area contributed by atoms with Crippen LogP contribution in [0.25, 0.3) is 0 Å². The van der Waals surface area contributed by atoms with E-state index in [2.05, 4.69) is 15.3 Å². The number of hydrogen-bond donors (Lipinski definition) is 0. The lowest BCUT2D eigenvalue weighted by Crippen LogP contribution is -2.32. The molecule has 2 aromatic rings. The number of ether oxygens (including phenoxy) is 1. The number of hydrogen-bond acceptors (Lipinski definition) is 7. The van der Waals surface area contributed by atoms with Gasteiger partial charge >= 0.3 is 0 Å². The number of aromatic nitrogens is 3. The molecule has 0 unspecified atom stereocenters. The molecule has 0 saturated carbocycles. The van der Waals surface area contributed by atoms with Crippen LogP contribution in [0, 0.1) is 32.6 Å². The highest BCUT2D eigenvalue weighted by Crippen LogP contribution is 2.36. The molecular formula is C16H20N4O4. The summed E-state index contributed by atoms with van der Waals surface area (Å²) in [5, 5.41) is 7.70. The molecule has 8 nitrogen and oxygen atoms in total. The molecule has 0 bridgehead atoms. The van der Waals surface area contributed by atoms with Gasteiger partial charge < -0.3 is 18.7 Å². The normalized spacial score (nSPS) is 26.1. The minimum Gasteiger partial charge on any atom is -0.376 e. The lowest BCUT2D eigenvalue weighted by Gasteiger charge is -2.19. The lowest BCUT2D eigenvalue weighted by molar-refractivity contribution is 0.0674. The molecule has 2 aliphatic rings. The molecule has 3 atom stereocenters. The van der Waals surface area contributed by atoms with E-state index < -0.39 is 0 Å². The van der Waals surface area contributed by atoms with Crippen molar-refractivity contribution in [2.75, 3.05) is 19.7 Å². The minimum atomic E-state index is -0.0309. The SMILES string of the molecule is Cc1noc(C[C@@H]2CO[C@@H]3CN(C(=O)c4c(C)noc4C)C[C@H]23)n1. The third-order valence-corrected chi connectivity index (χ3v) is 4.98. The van der Waals surface area contributed by atoms with Crippen LogP contribution in [0.4, 0.5) is 0 Å². The number of nitrogens with zero attached hydrogens (tertiary/aromatic N) is 4. The Kier molecular flexibility index (Phi) is 3.64. The highest BCUT2D eigenvalue weighted by molar-refractivity contribution is 5.96. The van der Waals surface area contributed by atoms with Gasteiger partial charge in [-0.1, -0.05) is 10.3 Å². The topological polar surface area (TPSA) is 94.5 Å². The van der Waals surface area contributed by atoms with Crippen LogP contribution in [0.5, 0.6) is 0 Å². The maximum Gasteiger partial charge on any atom is 0.259 e. The van der Waals surface area contributed by atoms with Crippen LogP contribution in [0.1, 0.15) is 33.5 Å². The van der Waals surface area contributed by atoms with E-state index in [1.165, 1.54) is 0 Å². The second kappa shape index (κ2) is 5.70. The van der Waals surface area contributed by atoms with Gasteiger partial charge in [0.05, 0.1) is 18.4 Å². The third-order valence-electron chi connectivity index (χ3n) is 4.98. The molecule has 24 heavy (non-hydrogen) atoms. The third kappa shape index (κ3) is 2.50. The maximum atomic E-state index is 12.8. The van der Waals surface area contributed by atoms with Crippen LogP contribution in [-0.2, 0) is 11.2 Å². The van der Waals surface area contributed by atoms with E-state index in [0.717, 1.165) is 0 Å². The van der Waals surface area contributed by atoms with Crippen molar-refractivity contribution < 1.29 is 18.6 Å². The smallest absolute Gasteiger partial charge is 0.259 e. The second-order valence-corrected chi connectivity index (χ2v) is 6.64. The Labute approximate surface area is 139 Å². The molecule has 0 N–H and O–H groups in total. The molecule has 128 valence electrons. The number of amides is 1. The van der Waals surface area contributed by atoms with Crippen LogP contribution in [0.3, 0.4) is 0 Å². The first kappa shape index (κ1) is 15.3. The Bertz CT molecular complexity index is 748. The van der Waals surface area contributed by atoms with Crippen molar-refractivity contribution in [3.63, 3.8) is 0 Å². The average molecular weight is 332 g/mol. The molecule has 0 aliphatic carbocycles. The van der Waals surface area contributed by atoms with Gasteiger partial charge in [-0.3, -0.25) is 4.79 Å². The molecule has 2 fully saturated rings. The summed E-state index contributed by atoms with van der Waals surface area (Å²) in [6.07, 6.45) is 0.762.